The smallest absolute Gasteiger partial charge is 0.870 e. The summed E-state index contributed by atoms with van der Waals surface area (Å²) in [5, 5.41) is 14.1. The molecule has 8 heteroatoms. The number of hydrogen-bond donors (Lipinski definition) is 2. The summed E-state index contributed by atoms with van der Waals surface area (Å²) in [5.74, 6) is 0. The molecule has 0 saturated heterocycles. The van der Waals surface area contributed by atoms with Crippen LogP contribution in [-0.4, -0.2) is 27.3 Å². The van der Waals surface area contributed by atoms with Gasteiger partial charge in [0.25, 0.3) is 0 Å². The van der Waals surface area contributed by atoms with E-state index in [1.165, 1.54) is 6.20 Å². The van der Waals surface area contributed by atoms with Gasteiger partial charge in [-0.05, 0) is 22.9 Å². The van der Waals surface area contributed by atoms with Gasteiger partial charge in [-0.15, -0.1) is 12.2 Å². The van der Waals surface area contributed by atoms with Crippen LogP contribution in [0.3, 0.4) is 0 Å². The van der Waals surface area contributed by atoms with Crippen molar-refractivity contribution in [2.24, 2.45) is 0 Å². The van der Waals surface area contributed by atoms with E-state index in [1.807, 2.05) is 6.92 Å². The van der Waals surface area contributed by atoms with E-state index in [9.17, 15) is 4.79 Å². The van der Waals surface area contributed by atoms with Crippen molar-refractivity contribution in [2.45, 2.75) is 13.8 Å². The summed E-state index contributed by atoms with van der Waals surface area (Å²) in [4.78, 5) is 15.1. The normalized spacial score (nSPS) is 7.78. The van der Waals surface area contributed by atoms with Crippen molar-refractivity contribution in [2.75, 3.05) is 6.61 Å². The van der Waals surface area contributed by atoms with Crippen LogP contribution in [0, 0.1) is 13.8 Å². The third-order valence-electron chi connectivity index (χ3n) is 1.43. The van der Waals surface area contributed by atoms with Crippen molar-refractivity contribution < 1.29 is 62.0 Å². The van der Waals surface area contributed by atoms with Crippen LogP contribution in [0.1, 0.15) is 18.2 Å². The molecule has 0 atom stereocenters. The number of rotatable bonds is 0. The molecule has 1 aromatic rings. The van der Waals surface area contributed by atoms with E-state index in [2.05, 4.69) is 38.0 Å². The number of aryl methyl sites for hydroxylation is 1. The molecule has 0 aliphatic carbocycles. The zero-order valence-corrected chi connectivity index (χ0v) is 15.4. The van der Waals surface area contributed by atoms with Gasteiger partial charge in [0.15, 0.2) is 5.56 Å². The summed E-state index contributed by atoms with van der Waals surface area (Å²) < 4.78 is 0.777. The Balaban J connectivity index is -0.000000410. The Labute approximate surface area is 157 Å². The van der Waals surface area contributed by atoms with Crippen molar-refractivity contribution >= 4 is 15.9 Å². The van der Waals surface area contributed by atoms with Crippen LogP contribution in [-0.2, 0) is 0 Å². The Morgan fingerprint density at radius 2 is 1.94 bits per heavy atom. The molecular formula is C10H15BrKN3O3-2. The maximum absolute atomic E-state index is 11.2. The molecule has 98 valence electrons. The molecule has 0 spiro atoms. The Kier molecular flexibility index (Phi) is 17.9. The van der Waals surface area contributed by atoms with Gasteiger partial charge >= 0.3 is 51.4 Å². The van der Waals surface area contributed by atoms with Gasteiger partial charge in [-0.1, -0.05) is 13.1 Å². The molecule has 0 bridgehead atoms. The average molecular weight is 344 g/mol. The largest absolute Gasteiger partial charge is 1.00 e. The van der Waals surface area contributed by atoms with Gasteiger partial charge in [0, 0.05) is 11.9 Å². The quantitative estimate of drug-likeness (QED) is 0.406. The fraction of sp³-hybridized carbons (Fsp3) is 0.300. The Morgan fingerprint density at radius 3 is 2.44 bits per heavy atom. The van der Waals surface area contributed by atoms with E-state index < -0.39 is 0 Å². The van der Waals surface area contributed by atoms with Crippen LogP contribution in [0.25, 0.3) is 0 Å². The maximum Gasteiger partial charge on any atom is 1.00 e. The standard InChI is InChI=1S/C8H9BrN3O.C2H5O.K.H2O/c1-5-3-10-4-7(9)6(2)11-12-8(5)13;1-2-3;;/h3-4,11H,1H2,2H3,(H,12,13);2H2,1H3;;1H2/q2*-1;+1;/p-1. The first-order valence-corrected chi connectivity index (χ1v) is 5.38. The summed E-state index contributed by atoms with van der Waals surface area (Å²) in [6.45, 7) is 6.91. The molecule has 3 N–H and O–H groups in total. The van der Waals surface area contributed by atoms with E-state index in [-0.39, 0.29) is 69.0 Å². The number of nitrogens with one attached hydrogen (secondary N) is 2. The van der Waals surface area contributed by atoms with Crippen LogP contribution >= 0.6 is 15.9 Å². The van der Waals surface area contributed by atoms with Gasteiger partial charge in [-0.2, -0.15) is 6.92 Å². The second-order valence-electron chi connectivity index (χ2n) is 2.77. The van der Waals surface area contributed by atoms with E-state index >= 15 is 0 Å². The fourth-order valence-corrected chi connectivity index (χ4v) is 0.856. The van der Waals surface area contributed by atoms with E-state index in [0.29, 0.717) is 5.56 Å². The maximum atomic E-state index is 11.2. The molecule has 0 unspecified atom stereocenters. The first-order valence-electron chi connectivity index (χ1n) is 4.59. The Bertz CT molecular complexity index is 433. The van der Waals surface area contributed by atoms with Crippen molar-refractivity contribution in [3.63, 3.8) is 0 Å². The van der Waals surface area contributed by atoms with Gasteiger partial charge in [-0.25, -0.2) is 0 Å². The molecule has 0 fully saturated rings. The minimum Gasteiger partial charge on any atom is -0.870 e. The fourth-order valence-electron chi connectivity index (χ4n) is 0.639. The van der Waals surface area contributed by atoms with Crippen LogP contribution in [0.5, 0.6) is 0 Å². The molecule has 6 nitrogen and oxygen atoms in total. The molecule has 0 radical (unpaired) electrons. The minimum absolute atomic E-state index is 0. The molecule has 0 amide bonds. The van der Waals surface area contributed by atoms with Gasteiger partial charge in [-0.3, -0.25) is 0 Å². The Hall–Kier alpha value is 0.326. The van der Waals surface area contributed by atoms with Gasteiger partial charge in [0.1, 0.15) is 0 Å². The minimum atomic E-state index is -0.293. The molecule has 1 heterocycles. The summed E-state index contributed by atoms with van der Waals surface area (Å²) in [6.07, 6.45) is 2.99. The van der Waals surface area contributed by atoms with Crippen molar-refractivity contribution in [3.8, 4) is 0 Å². The molecule has 0 aliphatic heterocycles. The van der Waals surface area contributed by atoms with Crippen molar-refractivity contribution in [3.05, 3.63) is 45.4 Å². The molecule has 1 aromatic heterocycles. The van der Waals surface area contributed by atoms with Crippen molar-refractivity contribution in [1.29, 1.82) is 0 Å². The van der Waals surface area contributed by atoms with E-state index in [0.717, 1.165) is 10.2 Å². The topological polar surface area (TPSA) is 115 Å². The van der Waals surface area contributed by atoms with E-state index in [4.69, 9.17) is 5.11 Å². The SMILES string of the molecule is CC[O-].[CH2-]c1cncc(Br)c(C)[nH][nH]c1=O.[K+].[OH-]. The average Bonchev–Trinajstić information content (AvgIpc) is 2.29. The predicted octanol–water partition coefficient (Wildman–Crippen LogP) is -2.33. The number of aromatic amines is 2. The summed E-state index contributed by atoms with van der Waals surface area (Å²) in [5.41, 5.74) is 0.789. The van der Waals surface area contributed by atoms with Gasteiger partial charge in [0.05, 0.1) is 4.47 Å². The van der Waals surface area contributed by atoms with Gasteiger partial charge in [0.2, 0.25) is 0 Å². The summed E-state index contributed by atoms with van der Waals surface area (Å²) in [6, 6.07) is 0. The molecule has 1 rings (SSSR count). The number of halogens is 1. The molecule has 18 heavy (non-hydrogen) atoms. The van der Waals surface area contributed by atoms with Crippen LogP contribution in [0.4, 0.5) is 0 Å². The molecule has 0 aromatic carbocycles. The molecular weight excluding hydrogens is 329 g/mol. The third kappa shape index (κ3) is 10.3. The second kappa shape index (κ2) is 13.8. The number of H-pyrrole nitrogens is 2. The first kappa shape index (κ1) is 23.4. The van der Waals surface area contributed by atoms with Crippen LogP contribution in [0.15, 0.2) is 21.7 Å². The Morgan fingerprint density at radius 1 is 1.44 bits per heavy atom. The second-order valence-corrected chi connectivity index (χ2v) is 3.63. The summed E-state index contributed by atoms with van der Waals surface area (Å²) in [7, 11) is 0. The van der Waals surface area contributed by atoms with Gasteiger partial charge < -0.3 is 30.6 Å². The number of hydrogen-bond acceptors (Lipinski definition) is 4. The zero-order valence-electron chi connectivity index (χ0n) is 10.7. The van der Waals surface area contributed by atoms with Crippen LogP contribution < -0.4 is 62.1 Å². The number of nitrogens with zero attached hydrogens (tertiary/aromatic N) is 1. The monoisotopic (exact) mass is 343 g/mol. The van der Waals surface area contributed by atoms with E-state index in [1.54, 1.807) is 13.1 Å². The summed E-state index contributed by atoms with van der Waals surface area (Å²) >= 11 is 3.28. The molecule has 0 saturated carbocycles. The van der Waals surface area contributed by atoms with Crippen LogP contribution in [0.2, 0.25) is 0 Å². The van der Waals surface area contributed by atoms with Crippen molar-refractivity contribution in [1.82, 2.24) is 15.2 Å². The number of aromatic nitrogens is 3. The third-order valence-corrected chi connectivity index (χ3v) is 2.23. The first-order chi connectivity index (χ1) is 7.52. The molecule has 0 aliphatic rings. The zero-order chi connectivity index (χ0) is 12.6. The predicted molar refractivity (Wildman–Crippen MR) is 66.2 cm³/mol.